The number of nitrogens with zero attached hydrogens (tertiary/aromatic N) is 1. The molecule has 0 radical (unpaired) electrons. The Morgan fingerprint density at radius 2 is 1.97 bits per heavy atom. The third kappa shape index (κ3) is 5.63. The van der Waals surface area contributed by atoms with Gasteiger partial charge in [-0.25, -0.2) is 9.38 Å². The van der Waals surface area contributed by atoms with E-state index < -0.39 is 0 Å². The molecule has 0 spiro atoms. The van der Waals surface area contributed by atoms with Crippen molar-refractivity contribution in [2.45, 2.75) is 13.5 Å². The number of hydrogen-bond donors (Lipinski definition) is 1. The first-order chi connectivity index (χ1) is 16.3. The van der Waals surface area contributed by atoms with Gasteiger partial charge in [-0.2, -0.15) is 0 Å². The summed E-state index contributed by atoms with van der Waals surface area (Å²) in [5.41, 5.74) is 3.11. The van der Waals surface area contributed by atoms with E-state index in [0.29, 0.717) is 36.8 Å². The normalized spacial score (nSPS) is 15.6. The minimum Gasteiger partial charge on any atom is -0.493 e. The molecule has 0 unspecified atom stereocenters. The number of ether oxygens (including phenoxy) is 2. The molecule has 1 amide bonds. The van der Waals surface area contributed by atoms with Crippen LogP contribution in [0.5, 0.6) is 11.5 Å². The second kappa shape index (κ2) is 10.6. The van der Waals surface area contributed by atoms with Crippen LogP contribution in [0.25, 0.3) is 6.08 Å². The topological polar surface area (TPSA) is 59.9 Å². The molecule has 0 atom stereocenters. The average molecular weight is 562 g/mol. The summed E-state index contributed by atoms with van der Waals surface area (Å²) >= 11 is 10.9. The number of benzene rings is 3. The first-order valence-corrected chi connectivity index (χ1v) is 12.1. The lowest BCUT2D eigenvalue weighted by atomic mass is 10.2. The molecule has 5 nitrogen and oxygen atoms in total. The van der Waals surface area contributed by atoms with Gasteiger partial charge in [0.25, 0.3) is 5.91 Å². The van der Waals surface area contributed by atoms with Crippen LogP contribution in [-0.4, -0.2) is 18.2 Å². The molecule has 4 rings (SSSR count). The van der Waals surface area contributed by atoms with Crippen molar-refractivity contribution in [2.75, 3.05) is 7.11 Å². The zero-order chi connectivity index (χ0) is 24.2. The zero-order valence-electron chi connectivity index (χ0n) is 18.2. The fourth-order valence-corrected chi connectivity index (χ4v) is 4.74. The molecular weight excluding hydrogens is 543 g/mol. The van der Waals surface area contributed by atoms with E-state index in [9.17, 15) is 9.18 Å². The highest BCUT2D eigenvalue weighted by atomic mass is 79.9. The average Bonchev–Trinajstić information content (AvgIpc) is 3.15. The van der Waals surface area contributed by atoms with Crippen molar-refractivity contribution in [1.29, 1.82) is 0 Å². The van der Waals surface area contributed by atoms with Crippen LogP contribution >= 0.6 is 39.3 Å². The molecule has 3 aromatic carbocycles. The first-order valence-electron chi connectivity index (χ1n) is 10.1. The molecule has 0 saturated carbocycles. The molecule has 0 aliphatic carbocycles. The third-order valence-corrected chi connectivity index (χ3v) is 6.87. The Kier molecular flexibility index (Phi) is 7.60. The second-order valence-electron chi connectivity index (χ2n) is 7.31. The maximum Gasteiger partial charge on any atom is 0.264 e. The van der Waals surface area contributed by atoms with E-state index in [0.717, 1.165) is 16.7 Å². The van der Waals surface area contributed by atoms with Gasteiger partial charge in [0.1, 0.15) is 12.4 Å². The van der Waals surface area contributed by atoms with Crippen LogP contribution in [0.1, 0.15) is 16.7 Å². The van der Waals surface area contributed by atoms with Crippen molar-refractivity contribution >= 4 is 62.1 Å². The summed E-state index contributed by atoms with van der Waals surface area (Å²) in [6.07, 6.45) is 1.75. The summed E-state index contributed by atoms with van der Waals surface area (Å²) in [4.78, 5) is 17.5. The van der Waals surface area contributed by atoms with Crippen molar-refractivity contribution in [3.8, 4) is 11.5 Å². The number of methoxy groups -OCH3 is 1. The Bertz CT molecular complexity index is 1310. The van der Waals surface area contributed by atoms with Crippen molar-refractivity contribution in [2.24, 2.45) is 4.99 Å². The SMILES string of the molecule is COc1cc(/C=C2/SC(=Nc3cccc(Cl)c3C)NC2=O)cc(Br)c1OCc1ccc(F)cc1. The Balaban J connectivity index is 1.54. The summed E-state index contributed by atoms with van der Waals surface area (Å²) in [5, 5.41) is 3.88. The van der Waals surface area contributed by atoms with Crippen LogP contribution in [0.2, 0.25) is 5.02 Å². The van der Waals surface area contributed by atoms with Crippen molar-refractivity contribution in [3.05, 3.63) is 91.5 Å². The molecule has 9 heteroatoms. The monoisotopic (exact) mass is 560 g/mol. The van der Waals surface area contributed by atoms with Gasteiger partial charge in [-0.05, 0) is 93.8 Å². The molecule has 1 aliphatic heterocycles. The number of amidine groups is 1. The van der Waals surface area contributed by atoms with Gasteiger partial charge in [0.15, 0.2) is 16.7 Å². The molecule has 3 aromatic rings. The van der Waals surface area contributed by atoms with Crippen LogP contribution in [0, 0.1) is 12.7 Å². The number of carbonyl (C=O) groups is 1. The molecule has 1 saturated heterocycles. The van der Waals surface area contributed by atoms with E-state index in [4.69, 9.17) is 21.1 Å². The summed E-state index contributed by atoms with van der Waals surface area (Å²) in [7, 11) is 1.54. The van der Waals surface area contributed by atoms with Gasteiger partial charge in [-0.15, -0.1) is 0 Å². The summed E-state index contributed by atoms with van der Waals surface area (Å²) in [5.74, 6) is 0.464. The van der Waals surface area contributed by atoms with Crippen LogP contribution in [0.15, 0.2) is 69.0 Å². The highest BCUT2D eigenvalue weighted by Crippen LogP contribution is 2.39. The minimum atomic E-state index is -0.301. The number of hydrogen-bond acceptors (Lipinski definition) is 5. The highest BCUT2D eigenvalue weighted by Gasteiger charge is 2.24. The van der Waals surface area contributed by atoms with Crippen molar-refractivity contribution in [3.63, 3.8) is 0 Å². The minimum absolute atomic E-state index is 0.241. The molecule has 1 aliphatic rings. The predicted molar refractivity (Wildman–Crippen MR) is 138 cm³/mol. The standard InChI is InChI=1S/C25H19BrClFN2O3S/c1-14-19(27)4-3-5-20(14)29-25-30-24(31)22(34-25)12-16-10-18(26)23(21(11-16)32-2)33-13-15-6-8-17(28)9-7-15/h3-12H,13H2,1-2H3,(H,29,30,31)/b22-12+. The number of amides is 1. The predicted octanol–water partition coefficient (Wildman–Crippen LogP) is 7.03. The fraction of sp³-hybridized carbons (Fsp3) is 0.120. The molecule has 1 heterocycles. The lowest BCUT2D eigenvalue weighted by Gasteiger charge is -2.14. The fourth-order valence-electron chi connectivity index (χ4n) is 3.16. The Morgan fingerprint density at radius 1 is 1.21 bits per heavy atom. The smallest absolute Gasteiger partial charge is 0.264 e. The van der Waals surface area contributed by atoms with Crippen LogP contribution < -0.4 is 14.8 Å². The number of nitrogens with one attached hydrogen (secondary N) is 1. The first kappa shape index (κ1) is 24.3. The van der Waals surface area contributed by atoms with Gasteiger partial charge in [0.05, 0.1) is 22.2 Å². The van der Waals surface area contributed by atoms with Gasteiger partial charge >= 0.3 is 0 Å². The second-order valence-corrected chi connectivity index (χ2v) is 9.61. The van der Waals surface area contributed by atoms with E-state index in [-0.39, 0.29) is 18.3 Å². The molecule has 174 valence electrons. The molecule has 0 bridgehead atoms. The molecule has 34 heavy (non-hydrogen) atoms. The van der Waals surface area contributed by atoms with Crippen LogP contribution in [0.3, 0.4) is 0 Å². The summed E-state index contributed by atoms with van der Waals surface area (Å²) in [6, 6.07) is 15.2. The van der Waals surface area contributed by atoms with E-state index >= 15 is 0 Å². The highest BCUT2D eigenvalue weighted by molar-refractivity contribution is 9.10. The summed E-state index contributed by atoms with van der Waals surface area (Å²) in [6.45, 7) is 2.13. The molecule has 1 fully saturated rings. The maximum absolute atomic E-state index is 13.1. The number of thioether (sulfide) groups is 1. The number of rotatable bonds is 6. The van der Waals surface area contributed by atoms with Gasteiger partial charge in [-0.3, -0.25) is 4.79 Å². The van der Waals surface area contributed by atoms with E-state index in [1.165, 1.54) is 23.9 Å². The van der Waals surface area contributed by atoms with Gasteiger partial charge in [-0.1, -0.05) is 29.8 Å². The van der Waals surface area contributed by atoms with E-state index in [1.54, 1.807) is 37.5 Å². The number of halogens is 3. The Hall–Kier alpha value is -2.81. The Labute approximate surface area is 214 Å². The van der Waals surface area contributed by atoms with Crippen LogP contribution in [0.4, 0.5) is 10.1 Å². The zero-order valence-corrected chi connectivity index (χ0v) is 21.4. The van der Waals surface area contributed by atoms with Gasteiger partial charge in [0.2, 0.25) is 0 Å². The number of carbonyl (C=O) groups excluding carboxylic acids is 1. The molecule has 0 aromatic heterocycles. The van der Waals surface area contributed by atoms with Crippen molar-refractivity contribution in [1.82, 2.24) is 5.32 Å². The van der Waals surface area contributed by atoms with Crippen LogP contribution in [-0.2, 0) is 11.4 Å². The van der Waals surface area contributed by atoms with Gasteiger partial charge in [0, 0.05) is 5.02 Å². The molecular formula is C25H19BrClFN2O3S. The third-order valence-electron chi connectivity index (χ3n) is 4.96. The largest absolute Gasteiger partial charge is 0.493 e. The Morgan fingerprint density at radius 3 is 2.71 bits per heavy atom. The summed E-state index contributed by atoms with van der Waals surface area (Å²) < 4.78 is 25.2. The quantitative estimate of drug-likeness (QED) is 0.328. The number of aliphatic imine (C=N–C) groups is 1. The lowest BCUT2D eigenvalue weighted by Crippen LogP contribution is -2.19. The molecule has 1 N–H and O–H groups in total. The maximum atomic E-state index is 13.1. The van der Waals surface area contributed by atoms with Gasteiger partial charge < -0.3 is 14.8 Å². The lowest BCUT2D eigenvalue weighted by molar-refractivity contribution is -0.115. The van der Waals surface area contributed by atoms with E-state index in [1.807, 2.05) is 25.1 Å². The van der Waals surface area contributed by atoms with E-state index in [2.05, 4.69) is 26.2 Å². The van der Waals surface area contributed by atoms with Crippen molar-refractivity contribution < 1.29 is 18.7 Å².